The standard InChI is InChI=1S/C11H26N2O2S/c1-10(2,3)9-16(14,15)13-8-11(4,5)6-7-12/h13H,6-9,12H2,1-5H3. The molecule has 98 valence electrons. The SMILES string of the molecule is CC(C)(C)CS(=O)(=O)NCC(C)(C)CCN. The molecule has 0 rings (SSSR count). The van der Waals surface area contributed by atoms with Crippen molar-refractivity contribution in [2.45, 2.75) is 41.0 Å². The van der Waals surface area contributed by atoms with E-state index in [2.05, 4.69) is 4.72 Å². The van der Waals surface area contributed by atoms with Crippen LogP contribution in [0.2, 0.25) is 0 Å². The van der Waals surface area contributed by atoms with Crippen molar-refractivity contribution in [1.82, 2.24) is 4.72 Å². The maximum absolute atomic E-state index is 11.8. The van der Waals surface area contributed by atoms with Gasteiger partial charge in [-0.3, -0.25) is 0 Å². The van der Waals surface area contributed by atoms with Gasteiger partial charge in [-0.25, -0.2) is 13.1 Å². The highest BCUT2D eigenvalue weighted by molar-refractivity contribution is 7.89. The predicted molar refractivity (Wildman–Crippen MR) is 68.7 cm³/mol. The lowest BCUT2D eigenvalue weighted by Gasteiger charge is -2.25. The van der Waals surface area contributed by atoms with Crippen LogP contribution in [-0.2, 0) is 10.0 Å². The van der Waals surface area contributed by atoms with Gasteiger partial charge in [0.15, 0.2) is 0 Å². The molecule has 0 aliphatic rings. The highest BCUT2D eigenvalue weighted by Crippen LogP contribution is 2.19. The molecule has 0 aromatic heterocycles. The molecule has 0 radical (unpaired) electrons. The summed E-state index contributed by atoms with van der Waals surface area (Å²) in [4.78, 5) is 0. The number of rotatable bonds is 6. The topological polar surface area (TPSA) is 72.2 Å². The molecular formula is C11H26N2O2S. The molecule has 0 amide bonds. The minimum atomic E-state index is -3.18. The van der Waals surface area contributed by atoms with Crippen molar-refractivity contribution in [3.63, 3.8) is 0 Å². The van der Waals surface area contributed by atoms with Gasteiger partial charge in [-0.05, 0) is 23.8 Å². The van der Waals surface area contributed by atoms with E-state index in [0.29, 0.717) is 13.1 Å². The van der Waals surface area contributed by atoms with Gasteiger partial charge in [0.1, 0.15) is 0 Å². The van der Waals surface area contributed by atoms with E-state index in [-0.39, 0.29) is 16.6 Å². The van der Waals surface area contributed by atoms with Gasteiger partial charge >= 0.3 is 0 Å². The first kappa shape index (κ1) is 15.9. The summed E-state index contributed by atoms with van der Waals surface area (Å²) in [6.45, 7) is 10.8. The molecule has 5 heteroatoms. The Morgan fingerprint density at radius 3 is 2.00 bits per heavy atom. The van der Waals surface area contributed by atoms with Crippen molar-refractivity contribution < 1.29 is 8.42 Å². The van der Waals surface area contributed by atoms with Crippen LogP contribution in [0.25, 0.3) is 0 Å². The van der Waals surface area contributed by atoms with Gasteiger partial charge in [0.2, 0.25) is 10.0 Å². The van der Waals surface area contributed by atoms with E-state index >= 15 is 0 Å². The Bertz CT molecular complexity index is 302. The fourth-order valence-corrected chi connectivity index (χ4v) is 3.26. The summed E-state index contributed by atoms with van der Waals surface area (Å²) in [5, 5.41) is 0. The van der Waals surface area contributed by atoms with Gasteiger partial charge in [-0.2, -0.15) is 0 Å². The molecule has 0 aromatic rings. The zero-order chi connectivity index (χ0) is 13.0. The van der Waals surface area contributed by atoms with Crippen molar-refractivity contribution in [2.75, 3.05) is 18.8 Å². The fourth-order valence-electron chi connectivity index (χ4n) is 1.41. The molecule has 16 heavy (non-hydrogen) atoms. The summed E-state index contributed by atoms with van der Waals surface area (Å²) in [6, 6.07) is 0. The molecule has 0 aliphatic carbocycles. The first-order valence-corrected chi connectivity index (χ1v) is 7.30. The molecule has 0 heterocycles. The smallest absolute Gasteiger partial charge is 0.212 e. The Balaban J connectivity index is 4.30. The molecule has 0 aliphatic heterocycles. The molecule has 0 bridgehead atoms. The average molecular weight is 250 g/mol. The van der Waals surface area contributed by atoms with E-state index in [4.69, 9.17) is 5.73 Å². The first-order chi connectivity index (χ1) is 6.97. The fraction of sp³-hybridized carbons (Fsp3) is 1.00. The van der Waals surface area contributed by atoms with Crippen LogP contribution in [0.4, 0.5) is 0 Å². The zero-order valence-corrected chi connectivity index (χ0v) is 11.9. The lowest BCUT2D eigenvalue weighted by molar-refractivity contribution is 0.338. The van der Waals surface area contributed by atoms with Gasteiger partial charge in [-0.15, -0.1) is 0 Å². The maximum atomic E-state index is 11.8. The van der Waals surface area contributed by atoms with Crippen LogP contribution < -0.4 is 10.5 Å². The Morgan fingerprint density at radius 2 is 1.62 bits per heavy atom. The van der Waals surface area contributed by atoms with Gasteiger partial charge in [-0.1, -0.05) is 34.6 Å². The minimum Gasteiger partial charge on any atom is -0.330 e. The third-order valence-electron chi connectivity index (χ3n) is 2.21. The lowest BCUT2D eigenvalue weighted by atomic mass is 9.90. The summed E-state index contributed by atoms with van der Waals surface area (Å²) in [6.07, 6.45) is 0.811. The largest absolute Gasteiger partial charge is 0.330 e. The maximum Gasteiger partial charge on any atom is 0.212 e. The van der Waals surface area contributed by atoms with Crippen LogP contribution in [0.5, 0.6) is 0 Å². The number of hydrogen-bond acceptors (Lipinski definition) is 3. The number of sulfonamides is 1. The zero-order valence-electron chi connectivity index (χ0n) is 11.1. The van der Waals surface area contributed by atoms with Gasteiger partial charge in [0.25, 0.3) is 0 Å². The van der Waals surface area contributed by atoms with Crippen LogP contribution in [-0.4, -0.2) is 27.3 Å². The van der Waals surface area contributed by atoms with Gasteiger partial charge in [0, 0.05) is 6.54 Å². The second kappa shape index (κ2) is 5.47. The van der Waals surface area contributed by atoms with Crippen LogP contribution in [0.1, 0.15) is 41.0 Å². The molecular weight excluding hydrogens is 224 g/mol. The molecule has 3 N–H and O–H groups in total. The third-order valence-corrected chi connectivity index (χ3v) is 4.05. The van der Waals surface area contributed by atoms with Gasteiger partial charge < -0.3 is 5.73 Å². The second-order valence-electron chi connectivity index (χ2n) is 6.34. The Kier molecular flexibility index (Phi) is 5.42. The van der Waals surface area contributed by atoms with E-state index in [0.717, 1.165) is 6.42 Å². The average Bonchev–Trinajstić information content (AvgIpc) is 1.97. The van der Waals surface area contributed by atoms with Gasteiger partial charge in [0.05, 0.1) is 5.75 Å². The van der Waals surface area contributed by atoms with Crippen molar-refractivity contribution in [3.8, 4) is 0 Å². The van der Waals surface area contributed by atoms with Crippen molar-refractivity contribution in [3.05, 3.63) is 0 Å². The van der Waals surface area contributed by atoms with E-state index in [1.807, 2.05) is 34.6 Å². The van der Waals surface area contributed by atoms with Crippen LogP contribution in [0.15, 0.2) is 0 Å². The molecule has 0 fully saturated rings. The van der Waals surface area contributed by atoms with E-state index in [9.17, 15) is 8.42 Å². The highest BCUT2D eigenvalue weighted by Gasteiger charge is 2.24. The van der Waals surface area contributed by atoms with Crippen LogP contribution in [0, 0.1) is 10.8 Å². The molecule has 0 aromatic carbocycles. The van der Waals surface area contributed by atoms with Crippen LogP contribution >= 0.6 is 0 Å². The highest BCUT2D eigenvalue weighted by atomic mass is 32.2. The molecule has 0 atom stereocenters. The molecule has 4 nitrogen and oxygen atoms in total. The summed E-state index contributed by atoms with van der Waals surface area (Å²) < 4.78 is 26.2. The number of hydrogen-bond donors (Lipinski definition) is 2. The Morgan fingerprint density at radius 1 is 1.12 bits per heavy atom. The molecule has 0 saturated heterocycles. The predicted octanol–water partition coefficient (Wildman–Crippen LogP) is 1.33. The minimum absolute atomic E-state index is 0.0836. The number of nitrogens with one attached hydrogen (secondary N) is 1. The van der Waals surface area contributed by atoms with Crippen molar-refractivity contribution in [1.29, 1.82) is 0 Å². The number of nitrogens with two attached hydrogens (primary N) is 1. The molecule has 0 spiro atoms. The van der Waals surface area contributed by atoms with E-state index < -0.39 is 10.0 Å². The monoisotopic (exact) mass is 250 g/mol. The second-order valence-corrected chi connectivity index (χ2v) is 8.15. The van der Waals surface area contributed by atoms with Crippen molar-refractivity contribution >= 4 is 10.0 Å². The van der Waals surface area contributed by atoms with E-state index in [1.165, 1.54) is 0 Å². The Hall–Kier alpha value is -0.130. The first-order valence-electron chi connectivity index (χ1n) is 5.65. The summed E-state index contributed by atoms with van der Waals surface area (Å²) >= 11 is 0. The summed E-state index contributed by atoms with van der Waals surface area (Å²) in [7, 11) is -3.18. The summed E-state index contributed by atoms with van der Waals surface area (Å²) in [5.41, 5.74) is 5.18. The summed E-state index contributed by atoms with van der Waals surface area (Å²) in [5.74, 6) is 0.151. The normalized spacial score (nSPS) is 14.1. The molecule has 0 unspecified atom stereocenters. The van der Waals surface area contributed by atoms with Crippen molar-refractivity contribution in [2.24, 2.45) is 16.6 Å². The van der Waals surface area contributed by atoms with Crippen LogP contribution in [0.3, 0.4) is 0 Å². The lowest BCUT2D eigenvalue weighted by Crippen LogP contribution is -2.38. The molecule has 0 saturated carbocycles. The third kappa shape index (κ3) is 8.07. The van der Waals surface area contributed by atoms with E-state index in [1.54, 1.807) is 0 Å². The quantitative estimate of drug-likeness (QED) is 0.747. The Labute approximate surface area is 100 Å².